The van der Waals surface area contributed by atoms with E-state index in [0.717, 1.165) is 18.5 Å². The molecule has 4 rings (SSSR count). The van der Waals surface area contributed by atoms with E-state index in [9.17, 15) is 23.9 Å². The van der Waals surface area contributed by atoms with Crippen LogP contribution in [0.5, 0.6) is 0 Å². The number of rotatable bonds is 5. The second kappa shape index (κ2) is 7.49. The molecular weight excluding hydrogens is 417 g/mol. The molecule has 0 spiro atoms. The van der Waals surface area contributed by atoms with E-state index in [1.165, 1.54) is 16.5 Å². The lowest BCUT2D eigenvalue weighted by Gasteiger charge is -2.21. The molecule has 1 unspecified atom stereocenters. The Morgan fingerprint density at radius 2 is 2.06 bits per heavy atom. The maximum atomic E-state index is 13.7. The molecule has 1 amide bonds. The number of imidazole rings is 1. The summed E-state index contributed by atoms with van der Waals surface area (Å²) < 4.78 is 38.9. The summed E-state index contributed by atoms with van der Waals surface area (Å²) in [5.41, 5.74) is 4.98. The fourth-order valence-electron chi connectivity index (χ4n) is 3.81. The predicted octanol–water partition coefficient (Wildman–Crippen LogP) is 2.60. The number of nitrogens with one attached hydrogen (secondary N) is 1. The number of hydrogen-bond acceptors (Lipinski definition) is 5. The van der Waals surface area contributed by atoms with Crippen LogP contribution in [0.3, 0.4) is 0 Å². The van der Waals surface area contributed by atoms with Crippen molar-refractivity contribution >= 4 is 34.1 Å². The minimum absolute atomic E-state index is 0.0286. The number of benzene rings is 2. The van der Waals surface area contributed by atoms with Gasteiger partial charge in [-0.15, -0.1) is 0 Å². The average molecular weight is 440 g/mol. The number of halogens is 1. The number of aromatic carboxylic acids is 1. The third-order valence-electron chi connectivity index (χ3n) is 5.20. The van der Waals surface area contributed by atoms with Crippen molar-refractivity contribution in [2.24, 2.45) is 12.7 Å². The van der Waals surface area contributed by atoms with Gasteiger partial charge in [0.1, 0.15) is 12.1 Å². The van der Waals surface area contributed by atoms with Crippen LogP contribution in [0.1, 0.15) is 49.1 Å². The molecule has 0 saturated carbocycles. The van der Waals surface area contributed by atoms with Gasteiger partial charge in [-0.2, -0.15) is 0 Å². The fraction of sp³-hybridized carbons (Fsp3) is 0.182. The summed E-state index contributed by atoms with van der Waals surface area (Å²) in [6, 6.07) is 6.10. The van der Waals surface area contributed by atoms with Crippen LogP contribution in [0.25, 0.3) is 16.6 Å². The SMILES string of the molecule is [2H]C([2H])([2H])n1c(=O)c2cc(C)cc(C(C)Nc3ccc(F)cc3C(N)=O)c2n2cnc(C(=O)O)c12. The highest BCUT2D eigenvalue weighted by molar-refractivity contribution is 5.99. The van der Waals surface area contributed by atoms with Gasteiger partial charge in [-0.3, -0.25) is 18.6 Å². The first-order chi connectivity index (χ1) is 16.3. The van der Waals surface area contributed by atoms with E-state index in [2.05, 4.69) is 10.3 Å². The van der Waals surface area contributed by atoms with E-state index < -0.39 is 47.6 Å². The Labute approximate surface area is 185 Å². The van der Waals surface area contributed by atoms with Crippen LogP contribution < -0.4 is 16.6 Å². The van der Waals surface area contributed by atoms with Crippen molar-refractivity contribution in [2.75, 3.05) is 5.32 Å². The van der Waals surface area contributed by atoms with Crippen molar-refractivity contribution in [3.05, 3.63) is 75.2 Å². The van der Waals surface area contributed by atoms with Gasteiger partial charge in [0.25, 0.3) is 11.5 Å². The number of nitrogens with two attached hydrogens (primary N) is 1. The van der Waals surface area contributed by atoms with E-state index in [4.69, 9.17) is 9.85 Å². The minimum atomic E-state index is -2.98. The predicted molar refractivity (Wildman–Crippen MR) is 117 cm³/mol. The van der Waals surface area contributed by atoms with Gasteiger partial charge in [0.2, 0.25) is 0 Å². The number of primary amides is 1. The molecule has 4 aromatic rings. The first-order valence-corrected chi connectivity index (χ1v) is 9.47. The van der Waals surface area contributed by atoms with Gasteiger partial charge >= 0.3 is 5.97 Å². The molecule has 9 nitrogen and oxygen atoms in total. The Morgan fingerprint density at radius 3 is 2.72 bits per heavy atom. The average Bonchev–Trinajstić information content (AvgIpc) is 3.18. The van der Waals surface area contributed by atoms with Crippen LogP contribution in [-0.2, 0) is 6.98 Å². The summed E-state index contributed by atoms with van der Waals surface area (Å²) in [6.07, 6.45) is 1.14. The number of aryl methyl sites for hydroxylation is 2. The topological polar surface area (TPSA) is 132 Å². The molecule has 0 aliphatic carbocycles. The highest BCUT2D eigenvalue weighted by Gasteiger charge is 2.22. The summed E-state index contributed by atoms with van der Waals surface area (Å²) in [6.45, 7) is 0.440. The van der Waals surface area contributed by atoms with Crippen molar-refractivity contribution in [2.45, 2.75) is 19.9 Å². The summed E-state index contributed by atoms with van der Waals surface area (Å²) in [5, 5.41) is 12.7. The van der Waals surface area contributed by atoms with Crippen molar-refractivity contribution in [3.63, 3.8) is 0 Å². The third-order valence-corrected chi connectivity index (χ3v) is 5.20. The molecule has 2 aromatic heterocycles. The molecule has 0 aliphatic rings. The van der Waals surface area contributed by atoms with Gasteiger partial charge < -0.3 is 16.2 Å². The molecule has 0 radical (unpaired) electrons. The van der Waals surface area contributed by atoms with E-state index in [0.29, 0.717) is 15.7 Å². The highest BCUT2D eigenvalue weighted by atomic mass is 19.1. The lowest BCUT2D eigenvalue weighted by molar-refractivity contribution is 0.0692. The molecule has 2 heterocycles. The molecule has 1 atom stereocenters. The van der Waals surface area contributed by atoms with Crippen LogP contribution in [0, 0.1) is 12.7 Å². The normalized spacial score (nSPS) is 14.0. The number of carboxylic acids is 1. The Balaban J connectivity index is 2.05. The monoisotopic (exact) mass is 440 g/mol. The molecule has 0 bridgehead atoms. The molecule has 0 saturated heterocycles. The molecule has 32 heavy (non-hydrogen) atoms. The number of nitrogens with zero attached hydrogens (tertiary/aromatic N) is 3. The zero-order valence-corrected chi connectivity index (χ0v) is 17.0. The Kier molecular flexibility index (Phi) is 4.09. The van der Waals surface area contributed by atoms with Gasteiger partial charge in [-0.25, -0.2) is 14.2 Å². The van der Waals surface area contributed by atoms with Gasteiger partial charge in [0, 0.05) is 16.8 Å². The summed E-state index contributed by atoms with van der Waals surface area (Å²) in [7, 11) is 0. The quantitative estimate of drug-likeness (QED) is 0.437. The van der Waals surface area contributed by atoms with Crippen LogP contribution in [-0.4, -0.2) is 30.9 Å². The van der Waals surface area contributed by atoms with Crippen LogP contribution in [0.4, 0.5) is 10.1 Å². The van der Waals surface area contributed by atoms with E-state index in [-0.39, 0.29) is 22.2 Å². The van der Waals surface area contributed by atoms with Crippen molar-refractivity contribution in [1.82, 2.24) is 14.0 Å². The fourth-order valence-corrected chi connectivity index (χ4v) is 3.81. The zero-order chi connectivity index (χ0) is 25.8. The highest BCUT2D eigenvalue weighted by Crippen LogP contribution is 2.30. The van der Waals surface area contributed by atoms with E-state index >= 15 is 0 Å². The number of anilines is 1. The third kappa shape index (κ3) is 3.25. The maximum absolute atomic E-state index is 13.7. The summed E-state index contributed by atoms with van der Waals surface area (Å²) >= 11 is 0. The number of aromatic nitrogens is 3. The van der Waals surface area contributed by atoms with Crippen molar-refractivity contribution < 1.29 is 23.2 Å². The maximum Gasteiger partial charge on any atom is 0.358 e. The number of fused-ring (bicyclic) bond motifs is 3. The Bertz CT molecular complexity index is 1590. The number of amides is 1. The molecule has 0 fully saturated rings. The molecule has 10 heteroatoms. The lowest BCUT2D eigenvalue weighted by atomic mass is 10.00. The molecule has 4 N–H and O–H groups in total. The number of carbonyl (C=O) groups is 2. The van der Waals surface area contributed by atoms with Crippen molar-refractivity contribution in [1.29, 1.82) is 0 Å². The van der Waals surface area contributed by atoms with E-state index in [1.54, 1.807) is 19.9 Å². The Morgan fingerprint density at radius 1 is 1.31 bits per heavy atom. The van der Waals surface area contributed by atoms with Crippen LogP contribution in [0.15, 0.2) is 41.5 Å². The second-order valence-electron chi connectivity index (χ2n) is 7.40. The first kappa shape index (κ1) is 17.5. The van der Waals surface area contributed by atoms with Gasteiger partial charge in [-0.05, 0) is 49.2 Å². The van der Waals surface area contributed by atoms with Gasteiger partial charge in [-0.1, -0.05) is 6.07 Å². The molecule has 164 valence electrons. The minimum Gasteiger partial charge on any atom is -0.476 e. The Hall–Kier alpha value is -4.21. The van der Waals surface area contributed by atoms with Gasteiger partial charge in [0.05, 0.1) is 22.5 Å². The first-order valence-electron chi connectivity index (χ1n) is 11.0. The standard InChI is InChI=1S/C22H20FN5O4/c1-10-6-13(11(2)26-16-5-4-12(23)8-14(16)19(24)29)18-15(7-10)21(30)27(3)20-17(22(31)32)25-9-28(18)20/h4-9,11,26H,1-3H3,(H2,24,29)(H,31,32)/i3D3. The number of hydrogen-bond donors (Lipinski definition) is 3. The smallest absolute Gasteiger partial charge is 0.358 e. The second-order valence-corrected chi connectivity index (χ2v) is 7.40. The molecule has 0 aliphatic heterocycles. The van der Waals surface area contributed by atoms with E-state index in [1.807, 2.05) is 0 Å². The van der Waals surface area contributed by atoms with Crippen LogP contribution in [0.2, 0.25) is 0 Å². The molecule has 2 aromatic carbocycles. The largest absolute Gasteiger partial charge is 0.476 e. The summed E-state index contributed by atoms with van der Waals surface area (Å²) in [5.74, 6) is -3.00. The van der Waals surface area contributed by atoms with Gasteiger partial charge in [0.15, 0.2) is 11.3 Å². The lowest BCUT2D eigenvalue weighted by Crippen LogP contribution is -2.23. The zero-order valence-electron chi connectivity index (χ0n) is 20.0. The van der Waals surface area contributed by atoms with Crippen LogP contribution >= 0.6 is 0 Å². The number of carbonyl (C=O) groups excluding carboxylic acids is 1. The number of carboxylic acid groups (broad SMARTS) is 1. The van der Waals surface area contributed by atoms with Crippen molar-refractivity contribution in [3.8, 4) is 0 Å². The summed E-state index contributed by atoms with van der Waals surface area (Å²) in [4.78, 5) is 40.8. The molecular formula is C22H20FN5O4.